The van der Waals surface area contributed by atoms with Gasteiger partial charge in [-0.3, -0.25) is 19.8 Å². The van der Waals surface area contributed by atoms with Crippen LogP contribution in [0.2, 0.25) is 0 Å². The van der Waals surface area contributed by atoms with E-state index in [4.69, 9.17) is 14.5 Å². The molecule has 0 spiro atoms. The first-order valence-electron chi connectivity index (χ1n) is 11.9. The van der Waals surface area contributed by atoms with E-state index in [1.807, 2.05) is 24.3 Å². The monoisotopic (exact) mass is 469 g/mol. The van der Waals surface area contributed by atoms with Crippen molar-refractivity contribution in [3.05, 3.63) is 46.6 Å². The Kier molecular flexibility index (Phi) is 5.07. The summed E-state index contributed by atoms with van der Waals surface area (Å²) in [4.78, 5) is 18.0. The van der Waals surface area contributed by atoms with Crippen molar-refractivity contribution in [3.8, 4) is 0 Å². The third kappa shape index (κ3) is 3.15. The molecule has 4 aliphatic heterocycles. The number of fused-ring (bicyclic) bond motifs is 2. The summed E-state index contributed by atoms with van der Waals surface area (Å²) in [7, 11) is 3.56. The molecule has 0 amide bonds. The molecule has 2 saturated heterocycles. The third-order valence-electron chi connectivity index (χ3n) is 7.86. The highest BCUT2D eigenvalue weighted by Crippen LogP contribution is 2.49. The van der Waals surface area contributed by atoms with Gasteiger partial charge in [0.05, 0.1) is 23.2 Å². The topological polar surface area (TPSA) is 82.2 Å². The molecule has 6 rings (SSSR count). The van der Waals surface area contributed by atoms with Crippen molar-refractivity contribution in [1.29, 1.82) is 0 Å². The quantitative estimate of drug-likeness (QED) is 0.672. The average molecular weight is 470 g/mol. The SMILES string of the molecule is Cc1nc(CC2N=C3C(=c4ccccc4=NC3(C3CCN(C)C3F)C3CCN(C)C3F)N2)no1. The maximum atomic E-state index is 15.8. The van der Waals surface area contributed by atoms with Crippen molar-refractivity contribution in [3.63, 3.8) is 0 Å². The summed E-state index contributed by atoms with van der Waals surface area (Å²) in [5, 5.41) is 9.20. The van der Waals surface area contributed by atoms with Crippen molar-refractivity contribution < 1.29 is 13.3 Å². The van der Waals surface area contributed by atoms with Crippen molar-refractivity contribution >= 4 is 11.4 Å². The molecule has 34 heavy (non-hydrogen) atoms. The molecule has 8 nitrogen and oxygen atoms in total. The van der Waals surface area contributed by atoms with E-state index in [1.54, 1.807) is 30.8 Å². The number of rotatable bonds is 4. The van der Waals surface area contributed by atoms with Crippen LogP contribution in [0.1, 0.15) is 24.6 Å². The van der Waals surface area contributed by atoms with Gasteiger partial charge in [0.15, 0.2) is 18.4 Å². The molecule has 2 fully saturated rings. The maximum Gasteiger partial charge on any atom is 0.223 e. The minimum Gasteiger partial charge on any atom is -0.361 e. The molecule has 0 saturated carbocycles. The molecule has 10 heteroatoms. The molecule has 0 radical (unpaired) electrons. The molecule has 180 valence electrons. The van der Waals surface area contributed by atoms with E-state index in [1.165, 1.54) is 0 Å². The van der Waals surface area contributed by atoms with Crippen molar-refractivity contribution in [2.24, 2.45) is 21.8 Å². The fourth-order valence-corrected chi connectivity index (χ4v) is 6.20. The number of aromatic nitrogens is 2. The van der Waals surface area contributed by atoms with Gasteiger partial charge in [0.1, 0.15) is 11.7 Å². The fourth-order valence-electron chi connectivity index (χ4n) is 6.20. The third-order valence-corrected chi connectivity index (χ3v) is 7.86. The normalized spacial score (nSPS) is 35.6. The van der Waals surface area contributed by atoms with Gasteiger partial charge in [0.25, 0.3) is 0 Å². The molecule has 0 aliphatic carbocycles. The molecule has 2 aromatic rings. The van der Waals surface area contributed by atoms with Gasteiger partial charge in [-0.1, -0.05) is 23.4 Å². The number of halogens is 2. The smallest absolute Gasteiger partial charge is 0.223 e. The number of nitrogens with one attached hydrogen (secondary N) is 1. The lowest BCUT2D eigenvalue weighted by molar-refractivity contribution is 0.0387. The van der Waals surface area contributed by atoms with Crippen LogP contribution in [0, 0.1) is 18.8 Å². The van der Waals surface area contributed by atoms with E-state index in [0.29, 0.717) is 49.8 Å². The Morgan fingerprint density at radius 2 is 1.76 bits per heavy atom. The molecular weight excluding hydrogens is 440 g/mol. The van der Waals surface area contributed by atoms with Crippen LogP contribution >= 0.6 is 0 Å². The number of hydrogen-bond acceptors (Lipinski definition) is 8. The number of nitrogens with zero attached hydrogens (tertiary/aromatic N) is 6. The van der Waals surface area contributed by atoms with E-state index < -0.39 is 30.0 Å². The second-order valence-electron chi connectivity index (χ2n) is 9.90. The lowest BCUT2D eigenvalue weighted by Crippen LogP contribution is -2.60. The maximum absolute atomic E-state index is 15.8. The summed E-state index contributed by atoms with van der Waals surface area (Å²) in [6.45, 7) is 2.95. The second-order valence-corrected chi connectivity index (χ2v) is 9.90. The van der Waals surface area contributed by atoms with Gasteiger partial charge in [-0.05, 0) is 33.0 Å². The van der Waals surface area contributed by atoms with Crippen molar-refractivity contribution in [2.45, 2.75) is 50.5 Å². The predicted molar refractivity (Wildman–Crippen MR) is 122 cm³/mol. The van der Waals surface area contributed by atoms with E-state index in [2.05, 4.69) is 15.5 Å². The lowest BCUT2D eigenvalue weighted by Gasteiger charge is -2.44. The Balaban J connectivity index is 1.55. The highest BCUT2D eigenvalue weighted by atomic mass is 19.1. The largest absolute Gasteiger partial charge is 0.361 e. The Bertz CT molecular complexity index is 1240. The van der Waals surface area contributed by atoms with Crippen LogP contribution in [0.5, 0.6) is 0 Å². The predicted octanol–water partition coefficient (Wildman–Crippen LogP) is 0.966. The molecule has 5 heterocycles. The summed E-state index contributed by atoms with van der Waals surface area (Å²) in [5.74, 6) is 0.0379. The van der Waals surface area contributed by atoms with E-state index >= 15 is 8.78 Å². The van der Waals surface area contributed by atoms with Gasteiger partial charge >= 0.3 is 0 Å². The van der Waals surface area contributed by atoms with Gasteiger partial charge in [-0.2, -0.15) is 4.98 Å². The minimum atomic E-state index is -1.23. The Hall–Kier alpha value is -2.72. The van der Waals surface area contributed by atoms with Crippen LogP contribution in [-0.2, 0) is 6.42 Å². The lowest BCUT2D eigenvalue weighted by atomic mass is 9.67. The first kappa shape index (κ1) is 21.8. The highest BCUT2D eigenvalue weighted by Gasteiger charge is 2.61. The van der Waals surface area contributed by atoms with Gasteiger partial charge in [0.2, 0.25) is 5.89 Å². The van der Waals surface area contributed by atoms with Gasteiger partial charge in [-0.15, -0.1) is 0 Å². The van der Waals surface area contributed by atoms with Crippen LogP contribution < -0.4 is 15.9 Å². The Morgan fingerprint density at radius 3 is 2.35 bits per heavy atom. The van der Waals surface area contributed by atoms with Crippen molar-refractivity contribution in [2.75, 3.05) is 27.2 Å². The van der Waals surface area contributed by atoms with Crippen LogP contribution in [0.3, 0.4) is 0 Å². The summed E-state index contributed by atoms with van der Waals surface area (Å²) in [6, 6.07) is 7.80. The van der Waals surface area contributed by atoms with Crippen LogP contribution in [-0.4, -0.2) is 77.1 Å². The average Bonchev–Trinajstić information content (AvgIpc) is 3.59. The van der Waals surface area contributed by atoms with E-state index in [9.17, 15) is 0 Å². The minimum absolute atomic E-state index is 0.364. The standard InChI is InChI=1S/C24H29F2N7O/c1-13-27-19(31-34-13)12-18-28-20-14-6-4-5-7-17(14)30-24(21(20)29-18,15-8-10-32(2)22(15)25)16-9-11-33(3)23(16)26/h4-7,15-16,18,22-23,28H,8-12H2,1-3H3. The molecular formula is C24H29F2N7O. The second kappa shape index (κ2) is 7.91. The van der Waals surface area contributed by atoms with E-state index in [0.717, 1.165) is 16.3 Å². The van der Waals surface area contributed by atoms with Crippen LogP contribution in [0.15, 0.2) is 38.8 Å². The number of para-hydroxylation sites is 1. The highest BCUT2D eigenvalue weighted by molar-refractivity contribution is 6.25. The first-order valence-corrected chi connectivity index (χ1v) is 11.9. The zero-order valence-corrected chi connectivity index (χ0v) is 19.6. The molecule has 1 aromatic carbocycles. The molecule has 5 atom stereocenters. The Morgan fingerprint density at radius 1 is 1.09 bits per heavy atom. The molecule has 1 N–H and O–H groups in total. The van der Waals surface area contributed by atoms with Gasteiger partial charge in [0, 0.05) is 37.1 Å². The number of aryl methyl sites for hydroxylation is 1. The molecule has 0 bridgehead atoms. The van der Waals surface area contributed by atoms with Crippen molar-refractivity contribution in [1.82, 2.24) is 25.3 Å². The number of benzene rings is 1. The zero-order chi connectivity index (χ0) is 23.6. The van der Waals surface area contributed by atoms with E-state index in [-0.39, 0.29) is 6.17 Å². The molecule has 1 aromatic heterocycles. The zero-order valence-electron chi connectivity index (χ0n) is 19.6. The molecule has 5 unspecified atom stereocenters. The summed E-state index contributed by atoms with van der Waals surface area (Å²) >= 11 is 0. The Labute approximate surface area is 196 Å². The van der Waals surface area contributed by atoms with Crippen LogP contribution in [0.4, 0.5) is 8.78 Å². The van der Waals surface area contributed by atoms with Gasteiger partial charge < -0.3 is 9.84 Å². The van der Waals surface area contributed by atoms with Gasteiger partial charge in [-0.25, -0.2) is 8.78 Å². The number of hydrogen-bond donors (Lipinski definition) is 1. The molecule has 4 aliphatic rings. The van der Waals surface area contributed by atoms with Crippen LogP contribution in [0.25, 0.3) is 5.70 Å². The summed E-state index contributed by atoms with van der Waals surface area (Å²) in [6.07, 6.45) is -1.22. The number of alkyl halides is 2. The fraction of sp³-hybridized carbons (Fsp3) is 0.583. The summed E-state index contributed by atoms with van der Waals surface area (Å²) in [5.41, 5.74) is 0.383. The number of aliphatic imine (C=N–C) groups is 1. The summed E-state index contributed by atoms with van der Waals surface area (Å²) < 4.78 is 36.7. The number of likely N-dealkylation sites (tertiary alicyclic amines) is 2. The first-order chi connectivity index (χ1) is 16.4.